The van der Waals surface area contributed by atoms with E-state index in [1.165, 1.54) is 24.6 Å². The largest absolute Gasteiger partial charge is 0.365 e. The highest BCUT2D eigenvalue weighted by molar-refractivity contribution is 5.90. The molecular formula is C20H20F2N4. The van der Waals surface area contributed by atoms with E-state index in [-0.39, 0.29) is 11.6 Å². The van der Waals surface area contributed by atoms with Crippen molar-refractivity contribution < 1.29 is 8.78 Å². The van der Waals surface area contributed by atoms with E-state index in [9.17, 15) is 8.78 Å². The van der Waals surface area contributed by atoms with Crippen molar-refractivity contribution in [1.82, 2.24) is 9.97 Å². The topological polar surface area (TPSA) is 41.1 Å². The minimum absolute atomic E-state index is 0.278. The zero-order chi connectivity index (χ0) is 17.9. The van der Waals surface area contributed by atoms with Crippen molar-refractivity contribution in [2.75, 3.05) is 23.3 Å². The van der Waals surface area contributed by atoms with Crippen LogP contribution in [-0.2, 0) is 6.54 Å². The number of piperidine rings is 1. The first kappa shape index (κ1) is 16.7. The fourth-order valence-electron chi connectivity index (χ4n) is 3.28. The lowest BCUT2D eigenvalue weighted by Crippen LogP contribution is -2.31. The van der Waals surface area contributed by atoms with Gasteiger partial charge in [-0.2, -0.15) is 4.98 Å². The van der Waals surface area contributed by atoms with E-state index in [2.05, 4.69) is 20.2 Å². The SMILES string of the molecule is Fc1ccc(CNc2nc(N3CCCCC3)nc3cccc(F)c23)cc1. The van der Waals surface area contributed by atoms with Gasteiger partial charge in [-0.05, 0) is 49.1 Å². The van der Waals surface area contributed by atoms with Crippen LogP contribution in [-0.4, -0.2) is 23.1 Å². The Balaban J connectivity index is 1.69. The van der Waals surface area contributed by atoms with E-state index in [0.717, 1.165) is 31.5 Å². The van der Waals surface area contributed by atoms with Crippen LogP contribution in [0.15, 0.2) is 42.5 Å². The standard InChI is InChI=1S/C20H20F2N4/c21-15-9-7-14(8-10-15)13-23-19-18-16(22)5-4-6-17(18)24-20(25-19)26-11-2-1-3-12-26/h4-10H,1-3,11-13H2,(H,23,24,25). The first-order chi connectivity index (χ1) is 12.7. The van der Waals surface area contributed by atoms with E-state index >= 15 is 0 Å². The first-order valence-electron chi connectivity index (χ1n) is 8.90. The van der Waals surface area contributed by atoms with Gasteiger partial charge in [-0.3, -0.25) is 0 Å². The Morgan fingerprint density at radius 2 is 1.69 bits per heavy atom. The Morgan fingerprint density at radius 3 is 2.46 bits per heavy atom. The second-order valence-corrected chi connectivity index (χ2v) is 6.53. The van der Waals surface area contributed by atoms with Crippen molar-refractivity contribution in [1.29, 1.82) is 0 Å². The number of nitrogens with one attached hydrogen (secondary N) is 1. The van der Waals surface area contributed by atoms with Crippen LogP contribution >= 0.6 is 0 Å². The minimum atomic E-state index is -0.352. The summed E-state index contributed by atoms with van der Waals surface area (Å²) in [5.41, 5.74) is 1.48. The molecule has 0 amide bonds. The van der Waals surface area contributed by atoms with Crippen molar-refractivity contribution in [3.05, 3.63) is 59.7 Å². The summed E-state index contributed by atoms with van der Waals surface area (Å²) in [5, 5.41) is 3.59. The zero-order valence-corrected chi connectivity index (χ0v) is 14.4. The molecule has 0 saturated carbocycles. The molecule has 0 aliphatic carbocycles. The number of benzene rings is 2. The van der Waals surface area contributed by atoms with Gasteiger partial charge in [-0.25, -0.2) is 13.8 Å². The maximum absolute atomic E-state index is 14.4. The molecule has 0 atom stereocenters. The molecule has 1 aliphatic rings. The Labute approximate surface area is 150 Å². The van der Waals surface area contributed by atoms with Crippen LogP contribution in [0.2, 0.25) is 0 Å². The van der Waals surface area contributed by atoms with Gasteiger partial charge in [-0.15, -0.1) is 0 Å². The lowest BCUT2D eigenvalue weighted by atomic mass is 10.1. The Bertz CT molecular complexity index is 906. The van der Waals surface area contributed by atoms with Gasteiger partial charge in [0.05, 0.1) is 10.9 Å². The average Bonchev–Trinajstić information content (AvgIpc) is 2.68. The van der Waals surface area contributed by atoms with Crippen LogP contribution in [0.4, 0.5) is 20.5 Å². The Kier molecular flexibility index (Phi) is 4.65. The number of aromatic nitrogens is 2. The van der Waals surface area contributed by atoms with E-state index in [1.807, 2.05) is 0 Å². The third kappa shape index (κ3) is 3.45. The van der Waals surface area contributed by atoms with Crippen LogP contribution < -0.4 is 10.2 Å². The third-order valence-corrected chi connectivity index (χ3v) is 4.67. The van der Waals surface area contributed by atoms with Gasteiger partial charge >= 0.3 is 0 Å². The van der Waals surface area contributed by atoms with Crippen LogP contribution in [0.25, 0.3) is 10.9 Å². The van der Waals surface area contributed by atoms with Crippen molar-refractivity contribution in [3.63, 3.8) is 0 Å². The fourth-order valence-corrected chi connectivity index (χ4v) is 3.28. The lowest BCUT2D eigenvalue weighted by molar-refractivity contribution is 0.569. The monoisotopic (exact) mass is 354 g/mol. The molecule has 1 aliphatic heterocycles. The average molecular weight is 354 g/mol. The van der Waals surface area contributed by atoms with Gasteiger partial charge in [0, 0.05) is 19.6 Å². The maximum atomic E-state index is 14.4. The summed E-state index contributed by atoms with van der Waals surface area (Å²) in [4.78, 5) is 11.3. The molecule has 2 aromatic carbocycles. The summed E-state index contributed by atoms with van der Waals surface area (Å²) in [6, 6.07) is 11.1. The van der Waals surface area contributed by atoms with Gasteiger partial charge in [-0.1, -0.05) is 18.2 Å². The summed E-state index contributed by atoms with van der Waals surface area (Å²) in [7, 11) is 0. The van der Waals surface area contributed by atoms with Crippen LogP contribution in [0, 0.1) is 11.6 Å². The zero-order valence-electron chi connectivity index (χ0n) is 14.4. The molecule has 0 spiro atoms. The molecule has 1 fully saturated rings. The highest BCUT2D eigenvalue weighted by atomic mass is 19.1. The van der Waals surface area contributed by atoms with Gasteiger partial charge in [0.15, 0.2) is 0 Å². The second-order valence-electron chi connectivity index (χ2n) is 6.53. The molecule has 0 radical (unpaired) electrons. The lowest BCUT2D eigenvalue weighted by Gasteiger charge is -2.27. The third-order valence-electron chi connectivity index (χ3n) is 4.67. The smallest absolute Gasteiger partial charge is 0.227 e. The number of hydrogen-bond acceptors (Lipinski definition) is 4. The van der Waals surface area contributed by atoms with E-state index in [1.54, 1.807) is 24.3 Å². The quantitative estimate of drug-likeness (QED) is 0.748. The number of fused-ring (bicyclic) bond motifs is 1. The molecule has 1 saturated heterocycles. The molecule has 4 rings (SSSR count). The summed E-state index contributed by atoms with van der Waals surface area (Å²) < 4.78 is 27.5. The van der Waals surface area contributed by atoms with Crippen molar-refractivity contribution in [3.8, 4) is 0 Å². The number of hydrogen-bond donors (Lipinski definition) is 1. The molecule has 0 unspecified atom stereocenters. The predicted octanol–water partition coefficient (Wildman–Crippen LogP) is 4.51. The Morgan fingerprint density at radius 1 is 0.923 bits per heavy atom. The molecule has 3 aromatic rings. The van der Waals surface area contributed by atoms with Gasteiger partial charge in [0.25, 0.3) is 0 Å². The molecule has 134 valence electrons. The number of anilines is 2. The summed E-state index contributed by atoms with van der Waals surface area (Å²) in [6.45, 7) is 2.26. The molecule has 2 heterocycles. The molecule has 26 heavy (non-hydrogen) atoms. The molecule has 4 nitrogen and oxygen atoms in total. The van der Waals surface area contributed by atoms with E-state index in [4.69, 9.17) is 0 Å². The molecule has 1 aromatic heterocycles. The highest BCUT2D eigenvalue weighted by Crippen LogP contribution is 2.27. The van der Waals surface area contributed by atoms with Crippen LogP contribution in [0.3, 0.4) is 0 Å². The fraction of sp³-hybridized carbons (Fsp3) is 0.300. The number of nitrogens with zero attached hydrogens (tertiary/aromatic N) is 3. The summed E-state index contributed by atoms with van der Waals surface area (Å²) in [6.07, 6.45) is 3.44. The van der Waals surface area contributed by atoms with Crippen molar-refractivity contribution >= 4 is 22.7 Å². The summed E-state index contributed by atoms with van der Waals surface area (Å²) in [5.74, 6) is 0.469. The number of halogens is 2. The summed E-state index contributed by atoms with van der Waals surface area (Å²) >= 11 is 0. The molecular weight excluding hydrogens is 334 g/mol. The van der Waals surface area contributed by atoms with E-state index in [0.29, 0.717) is 29.2 Å². The van der Waals surface area contributed by atoms with Gasteiger partial charge in [0.2, 0.25) is 5.95 Å². The molecule has 1 N–H and O–H groups in total. The first-order valence-corrected chi connectivity index (χ1v) is 8.90. The van der Waals surface area contributed by atoms with Gasteiger partial charge in [0.1, 0.15) is 17.5 Å². The normalized spacial score (nSPS) is 14.6. The highest BCUT2D eigenvalue weighted by Gasteiger charge is 2.18. The second kappa shape index (κ2) is 7.23. The van der Waals surface area contributed by atoms with Gasteiger partial charge < -0.3 is 10.2 Å². The maximum Gasteiger partial charge on any atom is 0.227 e. The minimum Gasteiger partial charge on any atom is -0.365 e. The van der Waals surface area contributed by atoms with Crippen LogP contribution in [0.5, 0.6) is 0 Å². The van der Waals surface area contributed by atoms with Crippen LogP contribution in [0.1, 0.15) is 24.8 Å². The van der Waals surface area contributed by atoms with Crippen molar-refractivity contribution in [2.45, 2.75) is 25.8 Å². The molecule has 6 heteroatoms. The number of rotatable bonds is 4. The Hall–Kier alpha value is -2.76. The molecule has 0 bridgehead atoms. The predicted molar refractivity (Wildman–Crippen MR) is 99.3 cm³/mol. The van der Waals surface area contributed by atoms with E-state index < -0.39 is 0 Å². The van der Waals surface area contributed by atoms with Crippen molar-refractivity contribution in [2.24, 2.45) is 0 Å².